The maximum Gasteiger partial charge on any atom is 0.410 e. The summed E-state index contributed by atoms with van der Waals surface area (Å²) >= 11 is 6.74. The topological polar surface area (TPSA) is 94.3 Å². The highest BCUT2D eigenvalue weighted by Crippen LogP contribution is 2.53. The molecule has 1 unspecified atom stereocenters. The summed E-state index contributed by atoms with van der Waals surface area (Å²) in [6, 6.07) is 13.7. The number of benzene rings is 3. The van der Waals surface area contributed by atoms with Gasteiger partial charge in [0, 0.05) is 36.3 Å². The van der Waals surface area contributed by atoms with Gasteiger partial charge in [0.25, 0.3) is 0 Å². The fourth-order valence-electron chi connectivity index (χ4n) is 6.66. The number of hydrogen-bond donors (Lipinski definition) is 1. The lowest BCUT2D eigenvalue weighted by Gasteiger charge is -2.48. The van der Waals surface area contributed by atoms with Crippen molar-refractivity contribution in [2.45, 2.75) is 90.3 Å². The zero-order valence-corrected chi connectivity index (χ0v) is 32.1. The first-order chi connectivity index (χ1) is 23.2. The lowest BCUT2D eigenvalue weighted by Crippen LogP contribution is -2.60. The number of primary amides is 1. The van der Waals surface area contributed by atoms with Crippen LogP contribution in [-0.4, -0.2) is 63.2 Å². The second-order valence-electron chi connectivity index (χ2n) is 15.8. The fourth-order valence-corrected chi connectivity index (χ4v) is 8.35. The van der Waals surface area contributed by atoms with Crippen LogP contribution in [0.5, 0.6) is 5.75 Å². The Kier molecular flexibility index (Phi) is 10.1. The van der Waals surface area contributed by atoms with E-state index in [0.717, 1.165) is 5.56 Å². The summed E-state index contributed by atoms with van der Waals surface area (Å²) in [6.07, 6.45) is -0.598. The van der Waals surface area contributed by atoms with Gasteiger partial charge in [-0.15, -0.1) is 0 Å². The predicted molar refractivity (Wildman–Crippen MR) is 196 cm³/mol. The van der Waals surface area contributed by atoms with E-state index in [1.165, 1.54) is 18.2 Å². The summed E-state index contributed by atoms with van der Waals surface area (Å²) in [7, 11) is -2.14. The minimum absolute atomic E-state index is 0.0255. The number of piperazine rings is 1. The van der Waals surface area contributed by atoms with Crippen molar-refractivity contribution in [2.75, 3.05) is 31.1 Å². The molecule has 0 saturated carbocycles. The Labute approximate surface area is 299 Å². The van der Waals surface area contributed by atoms with E-state index in [2.05, 4.69) is 33.9 Å². The van der Waals surface area contributed by atoms with Crippen molar-refractivity contribution in [1.82, 2.24) is 4.90 Å². The fraction of sp³-hybridized carbons (Fsp3) is 0.474. The number of nitrogens with two attached hydrogens (primary N) is 1. The molecule has 8 nitrogen and oxygen atoms in total. The summed E-state index contributed by atoms with van der Waals surface area (Å²) in [5, 5.41) is -0.380. The first-order valence-electron chi connectivity index (χ1n) is 16.9. The van der Waals surface area contributed by atoms with Gasteiger partial charge < -0.3 is 29.4 Å². The lowest BCUT2D eigenvalue weighted by molar-refractivity contribution is 0.0164. The smallest absolute Gasteiger partial charge is 0.410 e. The lowest BCUT2D eigenvalue weighted by atomic mass is 9.82. The molecule has 3 aromatic carbocycles. The number of hydrogen-bond acceptors (Lipinski definition) is 6. The van der Waals surface area contributed by atoms with Crippen LogP contribution in [0.15, 0.2) is 48.5 Å². The summed E-state index contributed by atoms with van der Waals surface area (Å²) in [5.74, 6) is -2.71. The number of rotatable bonds is 8. The number of amides is 2. The highest BCUT2D eigenvalue weighted by Gasteiger charge is 2.51. The molecule has 3 aromatic rings. The summed E-state index contributed by atoms with van der Waals surface area (Å²) in [5.41, 5.74) is 5.74. The summed E-state index contributed by atoms with van der Waals surface area (Å²) in [6.45, 7) is 18.8. The normalized spacial score (nSPS) is 18.4. The number of nitrogens with zero attached hydrogens (tertiary/aromatic N) is 2. The van der Waals surface area contributed by atoms with E-state index in [0.29, 0.717) is 24.3 Å². The second kappa shape index (κ2) is 13.5. The van der Waals surface area contributed by atoms with Crippen LogP contribution >= 0.6 is 11.6 Å². The Balaban J connectivity index is 1.61. The van der Waals surface area contributed by atoms with Crippen LogP contribution in [0.2, 0.25) is 23.2 Å². The highest BCUT2D eigenvalue weighted by atomic mass is 35.5. The molecule has 2 N–H and O–H groups in total. The average Bonchev–Trinajstić information content (AvgIpc) is 3.34. The van der Waals surface area contributed by atoms with Crippen molar-refractivity contribution in [3.05, 3.63) is 81.9 Å². The molecule has 0 spiro atoms. The van der Waals surface area contributed by atoms with Crippen molar-refractivity contribution in [3.63, 3.8) is 0 Å². The third-order valence-corrected chi connectivity index (χ3v) is 15.0. The maximum atomic E-state index is 16.8. The molecule has 0 bridgehead atoms. The minimum atomic E-state index is -2.14. The van der Waals surface area contributed by atoms with Gasteiger partial charge in [-0.1, -0.05) is 62.7 Å². The van der Waals surface area contributed by atoms with Crippen LogP contribution in [0.25, 0.3) is 11.1 Å². The molecule has 1 saturated heterocycles. The van der Waals surface area contributed by atoms with E-state index in [9.17, 15) is 9.59 Å². The van der Waals surface area contributed by atoms with Crippen LogP contribution in [-0.2, 0) is 21.1 Å². The van der Waals surface area contributed by atoms with Gasteiger partial charge in [0.2, 0.25) is 5.91 Å². The monoisotopic (exact) mass is 727 g/mol. The van der Waals surface area contributed by atoms with Gasteiger partial charge in [0.1, 0.15) is 18.0 Å². The number of fused-ring (bicyclic) bond motifs is 3. The number of ether oxygens (including phenoxy) is 2. The maximum absolute atomic E-state index is 16.8. The van der Waals surface area contributed by atoms with E-state index >= 15 is 8.78 Å². The third kappa shape index (κ3) is 7.09. The molecule has 2 aliphatic heterocycles. The van der Waals surface area contributed by atoms with E-state index < -0.39 is 43.1 Å². The van der Waals surface area contributed by atoms with E-state index in [1.807, 2.05) is 42.2 Å². The zero-order valence-electron chi connectivity index (χ0n) is 30.4. The van der Waals surface area contributed by atoms with Gasteiger partial charge in [-0.05, 0) is 75.2 Å². The first-order valence-corrected chi connectivity index (χ1v) is 20.2. The molecule has 2 amide bonds. The first kappa shape index (κ1) is 37.6. The average molecular weight is 728 g/mol. The SMILES string of the molecule is C[C@H](COc1ccc(C(N)=O)c(-c2c(Cl)c(F)cc3c2CC2(c4ccccc4)CN(C(=O)OC(C)(C)C)CCN32)c1F)O[Si](C)(C)C(C)(C)C. The van der Waals surface area contributed by atoms with Crippen molar-refractivity contribution in [3.8, 4) is 16.9 Å². The Morgan fingerprint density at radius 2 is 1.68 bits per heavy atom. The molecule has 2 atom stereocenters. The number of halogens is 3. The Hall–Kier alpha value is -3.67. The number of carbonyl (C=O) groups is 2. The predicted octanol–water partition coefficient (Wildman–Crippen LogP) is 8.68. The van der Waals surface area contributed by atoms with Crippen molar-refractivity contribution >= 4 is 37.6 Å². The Morgan fingerprint density at radius 1 is 1.02 bits per heavy atom. The van der Waals surface area contributed by atoms with Gasteiger partial charge in [-0.25, -0.2) is 13.6 Å². The van der Waals surface area contributed by atoms with Gasteiger partial charge in [0.05, 0.1) is 28.8 Å². The largest absolute Gasteiger partial charge is 0.488 e. The Bertz CT molecular complexity index is 1790. The molecule has 2 aliphatic rings. The van der Waals surface area contributed by atoms with Crippen LogP contribution in [0.3, 0.4) is 0 Å². The van der Waals surface area contributed by atoms with Crippen LogP contribution in [0, 0.1) is 11.6 Å². The van der Waals surface area contributed by atoms with E-state index in [1.54, 1.807) is 25.7 Å². The third-order valence-electron chi connectivity index (χ3n) is 9.99. The molecule has 12 heteroatoms. The van der Waals surface area contributed by atoms with Gasteiger partial charge >= 0.3 is 6.09 Å². The molecule has 1 fully saturated rings. The quantitative estimate of drug-likeness (QED) is 0.234. The summed E-state index contributed by atoms with van der Waals surface area (Å²) < 4.78 is 50.9. The van der Waals surface area contributed by atoms with Crippen molar-refractivity contribution in [1.29, 1.82) is 0 Å². The highest BCUT2D eigenvalue weighted by molar-refractivity contribution is 6.74. The molecule has 0 aliphatic carbocycles. The Morgan fingerprint density at radius 3 is 2.28 bits per heavy atom. The molecule has 270 valence electrons. The van der Waals surface area contributed by atoms with Gasteiger partial charge in [-0.2, -0.15) is 0 Å². The van der Waals surface area contributed by atoms with Crippen molar-refractivity contribution in [2.24, 2.45) is 5.73 Å². The molecule has 0 aromatic heterocycles. The molecule has 5 rings (SSSR count). The molecule has 0 radical (unpaired) electrons. The minimum Gasteiger partial charge on any atom is -0.488 e. The zero-order chi connectivity index (χ0) is 37.0. The molecular formula is C38H48ClF2N3O5Si. The van der Waals surface area contributed by atoms with E-state index in [-0.39, 0.29) is 58.2 Å². The number of carbonyl (C=O) groups excluding carboxylic acids is 2. The second-order valence-corrected chi connectivity index (χ2v) is 21.0. The molecule has 50 heavy (non-hydrogen) atoms. The standard InChI is InChI=1S/C38H48ClF2N3O5Si/c1-23(49-50(8,9)37(5,6)7)21-47-29-16-15-25(34(42)45)31(33(29)41)30-26-20-38(24-13-11-10-12-14-24)22-43(35(46)48-36(2,3)4)17-18-44(38)28(26)19-27(40)32(30)39/h10-16,19,23H,17-18,20-22H2,1-9H3,(H2,42,45)/t23-,38?/m1/s1. The number of anilines is 1. The summed E-state index contributed by atoms with van der Waals surface area (Å²) in [4.78, 5) is 29.9. The van der Waals surface area contributed by atoms with Crippen molar-refractivity contribution < 1.29 is 32.3 Å². The van der Waals surface area contributed by atoms with Crippen LogP contribution < -0.4 is 15.4 Å². The molecule has 2 heterocycles. The van der Waals surface area contributed by atoms with E-state index in [4.69, 9.17) is 31.2 Å². The van der Waals surface area contributed by atoms with Gasteiger partial charge in [0.15, 0.2) is 19.9 Å². The molecular weight excluding hydrogens is 680 g/mol. The van der Waals surface area contributed by atoms with Gasteiger partial charge in [-0.3, -0.25) is 4.79 Å². The van der Waals surface area contributed by atoms with Crippen LogP contribution in [0.1, 0.15) is 70.0 Å². The van der Waals surface area contributed by atoms with Crippen LogP contribution in [0.4, 0.5) is 19.3 Å².